The average Bonchev–Trinajstić information content (AvgIpc) is 3.44. The molecule has 208 valence electrons. The molecule has 0 radical (unpaired) electrons. The second-order valence-corrected chi connectivity index (χ2v) is 13.6. The molecule has 12 heteroatoms. The van der Waals surface area contributed by atoms with Gasteiger partial charge in [-0.15, -0.1) is 0 Å². The summed E-state index contributed by atoms with van der Waals surface area (Å²) in [5.41, 5.74) is 2.81. The molecule has 1 saturated heterocycles. The number of benzene rings is 3. The Morgan fingerprint density at radius 1 is 0.976 bits per heavy atom. The fourth-order valence-corrected chi connectivity index (χ4v) is 8.22. The number of anilines is 2. The van der Waals surface area contributed by atoms with Crippen molar-refractivity contribution in [1.29, 1.82) is 0 Å². The number of hydrogen-bond donors (Lipinski definition) is 2. The summed E-state index contributed by atoms with van der Waals surface area (Å²) >= 11 is 9.14. The van der Waals surface area contributed by atoms with Gasteiger partial charge in [0, 0.05) is 31.0 Å². The van der Waals surface area contributed by atoms with Crippen LogP contribution in [0, 0.1) is 12.8 Å². The number of thioether (sulfide) groups is 1. The van der Waals surface area contributed by atoms with E-state index in [0.717, 1.165) is 25.8 Å². The smallest absolute Gasteiger partial charge is 0.305 e. The number of rotatable bonds is 6. The minimum absolute atomic E-state index is 0.271. The minimum atomic E-state index is -0.784. The summed E-state index contributed by atoms with van der Waals surface area (Å²) in [6.45, 7) is 1.69. The Labute approximate surface area is 259 Å². The second-order valence-electron chi connectivity index (χ2n) is 9.62. The highest BCUT2D eigenvalue weighted by Gasteiger charge is 2.56. The van der Waals surface area contributed by atoms with Crippen molar-refractivity contribution in [3.8, 4) is 5.75 Å². The van der Waals surface area contributed by atoms with Crippen molar-refractivity contribution in [2.45, 2.75) is 23.1 Å². The summed E-state index contributed by atoms with van der Waals surface area (Å²) < 4.78 is 7.57. The van der Waals surface area contributed by atoms with Gasteiger partial charge in [0.1, 0.15) is 11.0 Å². The van der Waals surface area contributed by atoms with E-state index in [1.165, 1.54) is 16.7 Å². The van der Waals surface area contributed by atoms with E-state index in [-0.39, 0.29) is 29.2 Å². The maximum Gasteiger partial charge on any atom is 0.305 e. The molecule has 0 saturated carbocycles. The quantitative estimate of drug-likeness (QED) is 0.235. The molecule has 3 aromatic carbocycles. The van der Waals surface area contributed by atoms with Crippen LogP contribution >= 0.6 is 55.0 Å². The van der Waals surface area contributed by atoms with Gasteiger partial charge in [-0.05, 0) is 61.5 Å². The Kier molecular flexibility index (Phi) is 7.66. The lowest BCUT2D eigenvalue weighted by Gasteiger charge is -2.31. The Morgan fingerprint density at radius 3 is 2.41 bits per heavy atom. The number of nitrogens with zero attached hydrogens (tertiary/aromatic N) is 1. The number of fused-ring (bicyclic) bond motifs is 2. The normalized spacial score (nSPS) is 19.6. The zero-order chi connectivity index (χ0) is 28.8. The standard InChI is InChI=1S/C29H21Br2N3O5S2/c1-14-2-7-17(8-3-14)32-21(35)13-39-20-11-6-16(31)12-19(20)22-23-25(40-26-24(22)41-29(38)33-26)28(37)34(27(23)36)18-9-4-15(30)5-10-18/h2-12,22-23,25H,13H2,1H3,(H,32,35)(H,33,38)/t22-,23-,25+/m0/s1. The van der Waals surface area contributed by atoms with E-state index >= 15 is 0 Å². The van der Waals surface area contributed by atoms with E-state index in [4.69, 9.17) is 4.74 Å². The van der Waals surface area contributed by atoms with Gasteiger partial charge in [0.05, 0.1) is 16.6 Å². The Bertz CT molecular complexity index is 1740. The van der Waals surface area contributed by atoms with Crippen LogP contribution in [0.5, 0.6) is 5.75 Å². The highest BCUT2D eigenvalue weighted by molar-refractivity contribution is 9.10. The number of thiazole rings is 1. The first-order valence-electron chi connectivity index (χ1n) is 12.5. The number of H-pyrrole nitrogens is 1. The Balaban J connectivity index is 1.36. The first-order valence-corrected chi connectivity index (χ1v) is 15.8. The summed E-state index contributed by atoms with van der Waals surface area (Å²) in [4.78, 5) is 57.3. The molecular weight excluding hydrogens is 694 g/mol. The minimum Gasteiger partial charge on any atom is -0.483 e. The molecule has 2 aliphatic rings. The number of halogens is 2. The molecule has 1 aromatic heterocycles. The van der Waals surface area contributed by atoms with E-state index in [2.05, 4.69) is 42.2 Å². The number of carbonyl (C=O) groups excluding carboxylic acids is 3. The maximum atomic E-state index is 14.0. The third kappa shape index (κ3) is 5.41. The Morgan fingerprint density at radius 2 is 1.68 bits per heavy atom. The van der Waals surface area contributed by atoms with Crippen LogP contribution in [-0.2, 0) is 14.4 Å². The number of nitrogens with one attached hydrogen (secondary N) is 2. The first-order chi connectivity index (χ1) is 19.7. The van der Waals surface area contributed by atoms with Crippen LogP contribution in [0.3, 0.4) is 0 Å². The molecule has 3 heterocycles. The van der Waals surface area contributed by atoms with Crippen LogP contribution in [0.25, 0.3) is 0 Å². The Hall–Kier alpha value is -3.19. The highest BCUT2D eigenvalue weighted by Crippen LogP contribution is 2.54. The molecule has 6 rings (SSSR count). The molecule has 0 aliphatic carbocycles. The van der Waals surface area contributed by atoms with Crippen LogP contribution < -0.4 is 19.8 Å². The van der Waals surface area contributed by atoms with E-state index < -0.39 is 17.1 Å². The van der Waals surface area contributed by atoms with Gasteiger partial charge in [-0.3, -0.25) is 19.2 Å². The number of carbonyl (C=O) groups is 3. The highest BCUT2D eigenvalue weighted by atomic mass is 79.9. The number of hydrogen-bond acceptors (Lipinski definition) is 7. The van der Waals surface area contributed by atoms with Gasteiger partial charge in [0.2, 0.25) is 11.8 Å². The maximum absolute atomic E-state index is 14.0. The van der Waals surface area contributed by atoms with Gasteiger partial charge in [-0.1, -0.05) is 72.7 Å². The van der Waals surface area contributed by atoms with Crippen LogP contribution in [-0.4, -0.2) is 34.6 Å². The molecular formula is C29H21Br2N3O5S2. The summed E-state index contributed by atoms with van der Waals surface area (Å²) in [5, 5.41) is 2.64. The summed E-state index contributed by atoms with van der Waals surface area (Å²) in [6.07, 6.45) is 0. The third-order valence-electron chi connectivity index (χ3n) is 6.91. The summed E-state index contributed by atoms with van der Waals surface area (Å²) in [6, 6.07) is 19.7. The van der Waals surface area contributed by atoms with Crippen molar-refractivity contribution in [3.63, 3.8) is 0 Å². The van der Waals surface area contributed by atoms with E-state index in [1.807, 2.05) is 37.3 Å². The number of aryl methyl sites for hydroxylation is 1. The lowest BCUT2D eigenvalue weighted by molar-refractivity contribution is -0.122. The van der Waals surface area contributed by atoms with Gasteiger partial charge in [0.25, 0.3) is 5.91 Å². The largest absolute Gasteiger partial charge is 0.483 e. The van der Waals surface area contributed by atoms with Gasteiger partial charge in [0.15, 0.2) is 6.61 Å². The number of amides is 3. The zero-order valence-electron chi connectivity index (χ0n) is 21.4. The van der Waals surface area contributed by atoms with E-state index in [1.54, 1.807) is 36.4 Å². The molecule has 8 nitrogen and oxygen atoms in total. The molecule has 0 bridgehead atoms. The number of aromatic amines is 1. The van der Waals surface area contributed by atoms with Crippen LogP contribution in [0.15, 0.2) is 85.5 Å². The molecule has 1 fully saturated rings. The molecule has 4 aromatic rings. The van der Waals surface area contributed by atoms with Crippen LogP contribution in [0.1, 0.15) is 21.9 Å². The van der Waals surface area contributed by atoms with Crippen molar-refractivity contribution >= 4 is 84.1 Å². The molecule has 41 heavy (non-hydrogen) atoms. The first kappa shape index (κ1) is 28.0. The van der Waals surface area contributed by atoms with Crippen molar-refractivity contribution in [2.24, 2.45) is 5.92 Å². The van der Waals surface area contributed by atoms with Crippen molar-refractivity contribution < 1.29 is 19.1 Å². The second kappa shape index (κ2) is 11.2. The third-order valence-corrected chi connectivity index (χ3v) is 10.3. The predicted octanol–water partition coefficient (Wildman–Crippen LogP) is 6.08. The number of aromatic nitrogens is 1. The van der Waals surface area contributed by atoms with Gasteiger partial charge in [-0.25, -0.2) is 4.90 Å². The lowest BCUT2D eigenvalue weighted by atomic mass is 9.82. The average molecular weight is 715 g/mol. The van der Waals surface area contributed by atoms with Gasteiger partial charge in [-0.2, -0.15) is 0 Å². The van der Waals surface area contributed by atoms with Gasteiger partial charge < -0.3 is 15.0 Å². The predicted molar refractivity (Wildman–Crippen MR) is 166 cm³/mol. The van der Waals surface area contributed by atoms with E-state index in [0.29, 0.717) is 32.6 Å². The zero-order valence-corrected chi connectivity index (χ0v) is 26.2. The molecule has 2 N–H and O–H groups in total. The molecule has 3 atom stereocenters. The number of ether oxygens (including phenoxy) is 1. The van der Waals surface area contributed by atoms with Crippen LogP contribution in [0.4, 0.5) is 11.4 Å². The lowest BCUT2D eigenvalue weighted by Crippen LogP contribution is -2.32. The van der Waals surface area contributed by atoms with Crippen molar-refractivity contribution in [2.75, 3.05) is 16.8 Å². The molecule has 0 spiro atoms. The summed E-state index contributed by atoms with van der Waals surface area (Å²) in [5.74, 6) is -2.09. The van der Waals surface area contributed by atoms with Crippen molar-refractivity contribution in [1.82, 2.24) is 4.98 Å². The van der Waals surface area contributed by atoms with Gasteiger partial charge >= 0.3 is 4.87 Å². The molecule has 0 unspecified atom stereocenters. The fraction of sp³-hybridized carbons (Fsp3) is 0.172. The van der Waals surface area contributed by atoms with Crippen molar-refractivity contribution in [3.05, 3.63) is 101 Å². The fourth-order valence-electron chi connectivity index (χ4n) is 5.07. The summed E-state index contributed by atoms with van der Waals surface area (Å²) in [7, 11) is 0. The molecule has 2 aliphatic heterocycles. The topological polar surface area (TPSA) is 109 Å². The van der Waals surface area contributed by atoms with Crippen LogP contribution in [0.2, 0.25) is 0 Å². The number of imide groups is 1. The monoisotopic (exact) mass is 713 g/mol. The molecule has 3 amide bonds. The van der Waals surface area contributed by atoms with E-state index in [9.17, 15) is 19.2 Å². The SMILES string of the molecule is Cc1ccc(NC(=O)COc2ccc(Br)cc2[C@@H]2c3sc(=O)[nH]c3S[C@H]3C(=O)N(c4ccc(Br)cc4)C(=O)[C@@H]23)cc1.